The van der Waals surface area contributed by atoms with Crippen LogP contribution in [0.25, 0.3) is 0 Å². The molecule has 4 unspecified atom stereocenters. The van der Waals surface area contributed by atoms with Crippen LogP contribution in [-0.2, 0) is 26.5 Å². The highest BCUT2D eigenvalue weighted by molar-refractivity contribution is 5.81. The van der Waals surface area contributed by atoms with Gasteiger partial charge in [-0.1, -0.05) is 189 Å². The van der Waals surface area contributed by atoms with Crippen LogP contribution < -0.4 is 0 Å². The van der Waals surface area contributed by atoms with Crippen molar-refractivity contribution in [1.82, 2.24) is 0 Å². The van der Waals surface area contributed by atoms with E-state index in [9.17, 15) is 4.79 Å². The molecule has 0 N–H and O–H groups in total. The molecule has 0 aliphatic carbocycles. The minimum Gasteiger partial charge on any atom is -0.299 e. The molecule has 4 rings (SSSR count). The van der Waals surface area contributed by atoms with E-state index in [1.165, 1.54) is 35.1 Å². The molecule has 0 aliphatic heterocycles. The maximum atomic E-state index is 12.6. The summed E-state index contributed by atoms with van der Waals surface area (Å²) in [5, 5.41) is 0. The van der Waals surface area contributed by atoms with Gasteiger partial charge in [0.1, 0.15) is 5.78 Å². The molecule has 4 atom stereocenters. The zero-order chi connectivity index (χ0) is 34.9. The Balaban J connectivity index is 1.58. The second-order valence-corrected chi connectivity index (χ2v) is 16.6. The summed E-state index contributed by atoms with van der Waals surface area (Å²) in [6, 6.07) is 44.7. The fourth-order valence-electron chi connectivity index (χ4n) is 8.76. The third kappa shape index (κ3) is 9.16. The molecule has 4 aromatic rings. The first-order valence-electron chi connectivity index (χ1n) is 18.5. The number of carbonyl (C=O) groups excluding carboxylic acids is 1. The monoisotopic (exact) mass is 642 g/mol. The zero-order valence-corrected chi connectivity index (χ0v) is 31.3. The highest BCUT2D eigenvalue weighted by Gasteiger charge is 2.42. The molecule has 0 aromatic heterocycles. The first-order chi connectivity index (χ1) is 22.8. The van der Waals surface area contributed by atoms with Gasteiger partial charge in [-0.15, -0.1) is 0 Å². The van der Waals surface area contributed by atoms with Gasteiger partial charge in [-0.05, 0) is 89.4 Å². The molecule has 0 saturated carbocycles. The molecular formula is C47H62O. The summed E-state index contributed by atoms with van der Waals surface area (Å²) in [4.78, 5) is 12.6. The molecule has 256 valence electrons. The highest BCUT2D eigenvalue weighted by atomic mass is 16.1. The molecule has 0 saturated heterocycles. The normalized spacial score (nSPS) is 17.0. The molecule has 4 aromatic carbocycles. The van der Waals surface area contributed by atoms with Gasteiger partial charge in [0.05, 0.1) is 0 Å². The van der Waals surface area contributed by atoms with Crippen LogP contribution in [-0.4, -0.2) is 5.78 Å². The highest BCUT2D eigenvalue weighted by Crippen LogP contribution is 2.49. The molecule has 0 spiro atoms. The Morgan fingerprint density at radius 3 is 1.10 bits per heavy atom. The number of ketones is 1. The number of benzene rings is 4. The van der Waals surface area contributed by atoms with E-state index in [0.717, 1.165) is 44.9 Å². The fraction of sp³-hybridized carbons (Fsp3) is 0.468. The van der Waals surface area contributed by atoms with E-state index in [1.807, 2.05) is 0 Å². The van der Waals surface area contributed by atoms with Crippen molar-refractivity contribution < 1.29 is 4.79 Å². The van der Waals surface area contributed by atoms with E-state index in [2.05, 4.69) is 170 Å². The number of rotatable bonds is 18. The summed E-state index contributed by atoms with van der Waals surface area (Å²) in [6.45, 7) is 18.3. The summed E-state index contributed by atoms with van der Waals surface area (Å²) in [7, 11) is 0. The van der Waals surface area contributed by atoms with E-state index >= 15 is 0 Å². The molecular weight excluding hydrogens is 581 g/mol. The van der Waals surface area contributed by atoms with Crippen molar-refractivity contribution in [3.05, 3.63) is 144 Å². The van der Waals surface area contributed by atoms with E-state index < -0.39 is 0 Å². The number of unbranched alkanes of at least 4 members (excludes halogenated alkanes) is 2. The SMILES string of the molecule is CCC(C)(CC(C)(CC(C)(CCCCCC(C)(CC(C)(C)C(C)=O)c1ccccc1)c1ccccc1)c1ccccc1)c1ccccc1. The van der Waals surface area contributed by atoms with E-state index in [1.54, 1.807) is 6.92 Å². The van der Waals surface area contributed by atoms with Crippen molar-refractivity contribution in [3.8, 4) is 0 Å². The second kappa shape index (κ2) is 15.8. The van der Waals surface area contributed by atoms with E-state index in [4.69, 9.17) is 0 Å². The molecule has 0 bridgehead atoms. The summed E-state index contributed by atoms with van der Waals surface area (Å²) in [5.74, 6) is 0.274. The lowest BCUT2D eigenvalue weighted by Gasteiger charge is -2.45. The van der Waals surface area contributed by atoms with Crippen molar-refractivity contribution in [2.75, 3.05) is 0 Å². The molecule has 0 heterocycles. The van der Waals surface area contributed by atoms with Gasteiger partial charge in [0.15, 0.2) is 0 Å². The molecule has 0 radical (unpaired) electrons. The quantitative estimate of drug-likeness (QED) is 0.0987. The lowest BCUT2D eigenvalue weighted by molar-refractivity contribution is -0.126. The summed E-state index contributed by atoms with van der Waals surface area (Å²) < 4.78 is 0. The van der Waals surface area contributed by atoms with E-state index in [-0.39, 0.29) is 32.9 Å². The first-order valence-corrected chi connectivity index (χ1v) is 18.5. The van der Waals surface area contributed by atoms with Crippen molar-refractivity contribution in [2.24, 2.45) is 5.41 Å². The van der Waals surface area contributed by atoms with Crippen LogP contribution in [0.1, 0.15) is 135 Å². The lowest BCUT2D eigenvalue weighted by atomic mass is 9.58. The maximum absolute atomic E-state index is 12.6. The molecule has 0 aliphatic rings. The number of hydrogen-bond acceptors (Lipinski definition) is 1. The molecule has 1 nitrogen and oxygen atoms in total. The largest absolute Gasteiger partial charge is 0.299 e. The molecule has 0 amide bonds. The number of carbonyl (C=O) groups is 1. The summed E-state index contributed by atoms with van der Waals surface area (Å²) in [5.41, 5.74) is 5.37. The van der Waals surface area contributed by atoms with Gasteiger partial charge in [-0.2, -0.15) is 0 Å². The molecule has 0 fully saturated rings. The lowest BCUT2D eigenvalue weighted by Crippen LogP contribution is -2.39. The minimum absolute atomic E-state index is 0.0173. The first kappa shape index (κ1) is 37.4. The number of Topliss-reactive ketones (excluding diaryl/α,β-unsaturated/α-hetero) is 1. The van der Waals surface area contributed by atoms with Gasteiger partial charge in [-0.25, -0.2) is 0 Å². The van der Waals surface area contributed by atoms with Crippen LogP contribution in [0.5, 0.6) is 0 Å². The van der Waals surface area contributed by atoms with Crippen LogP contribution >= 0.6 is 0 Å². The van der Waals surface area contributed by atoms with Crippen molar-refractivity contribution in [2.45, 2.75) is 135 Å². The predicted molar refractivity (Wildman–Crippen MR) is 207 cm³/mol. The van der Waals surface area contributed by atoms with Crippen LogP contribution in [0.4, 0.5) is 0 Å². The van der Waals surface area contributed by atoms with Crippen LogP contribution in [0.3, 0.4) is 0 Å². The van der Waals surface area contributed by atoms with Crippen LogP contribution in [0.2, 0.25) is 0 Å². The van der Waals surface area contributed by atoms with Crippen LogP contribution in [0, 0.1) is 5.41 Å². The fourth-order valence-corrected chi connectivity index (χ4v) is 8.76. The Morgan fingerprint density at radius 1 is 0.438 bits per heavy atom. The smallest absolute Gasteiger partial charge is 0.135 e. The minimum atomic E-state index is -0.342. The zero-order valence-electron chi connectivity index (χ0n) is 31.3. The Morgan fingerprint density at radius 2 is 0.750 bits per heavy atom. The van der Waals surface area contributed by atoms with E-state index in [0.29, 0.717) is 0 Å². The van der Waals surface area contributed by atoms with Crippen LogP contribution in [0.15, 0.2) is 121 Å². The van der Waals surface area contributed by atoms with Crippen molar-refractivity contribution >= 4 is 5.78 Å². The Hall–Kier alpha value is -3.45. The van der Waals surface area contributed by atoms with Gasteiger partial charge >= 0.3 is 0 Å². The third-order valence-corrected chi connectivity index (χ3v) is 12.0. The maximum Gasteiger partial charge on any atom is 0.135 e. The average molecular weight is 643 g/mol. The topological polar surface area (TPSA) is 17.1 Å². The molecule has 1 heteroatoms. The van der Waals surface area contributed by atoms with Gasteiger partial charge in [0, 0.05) is 5.41 Å². The molecule has 48 heavy (non-hydrogen) atoms. The van der Waals surface area contributed by atoms with Gasteiger partial charge in [-0.3, -0.25) is 4.79 Å². The standard InChI is InChI=1S/C47H62O/c1-9-44(5,39-25-15-10-16-26-39)36-47(8,42-31-21-13-22-32-42)37-46(7,41-29-19-12-20-30-41)34-24-14-23-33-45(6,35-43(3,4)38(2)48)40-27-17-11-18-28-40/h10-13,15-22,25-32H,9,14,23-24,33-37H2,1-8H3. The Bertz CT molecular complexity index is 1540. The van der Waals surface area contributed by atoms with Gasteiger partial charge in [0.2, 0.25) is 0 Å². The second-order valence-electron chi connectivity index (χ2n) is 16.6. The predicted octanol–water partition coefficient (Wildman–Crippen LogP) is 13.0. The Kier molecular flexibility index (Phi) is 12.3. The average Bonchev–Trinajstić information content (AvgIpc) is 3.09. The van der Waals surface area contributed by atoms with Gasteiger partial charge < -0.3 is 0 Å². The third-order valence-electron chi connectivity index (χ3n) is 12.0. The van der Waals surface area contributed by atoms with Crippen molar-refractivity contribution in [1.29, 1.82) is 0 Å². The van der Waals surface area contributed by atoms with Gasteiger partial charge in [0.25, 0.3) is 0 Å². The Labute approximate surface area is 293 Å². The number of hydrogen-bond donors (Lipinski definition) is 0. The summed E-state index contributed by atoms with van der Waals surface area (Å²) in [6.07, 6.45) is 9.90. The van der Waals surface area contributed by atoms with Crippen molar-refractivity contribution in [3.63, 3.8) is 0 Å². The summed E-state index contributed by atoms with van der Waals surface area (Å²) >= 11 is 0.